The van der Waals surface area contributed by atoms with Crippen LogP contribution >= 0.6 is 39.1 Å². The normalized spacial score (nSPS) is 10.9. The third kappa shape index (κ3) is 4.85. The molecule has 0 aromatic carbocycles. The fourth-order valence-electron chi connectivity index (χ4n) is 0.207. The summed E-state index contributed by atoms with van der Waals surface area (Å²) in [5, 5.41) is 8.26. The Balaban J connectivity index is 4.19. The molecule has 5 heteroatoms. The molecule has 1 N–H and O–H groups in total. The first-order valence-electron chi connectivity index (χ1n) is 2.16. The lowest BCUT2D eigenvalue weighted by Gasteiger charge is -1.84. The molecule has 0 saturated carbocycles. The molecule has 0 aromatic heterocycles. The minimum Gasteiger partial charge on any atom is -0.477 e. The van der Waals surface area contributed by atoms with Crippen molar-refractivity contribution in [2.45, 2.75) is 0 Å². The van der Waals surface area contributed by atoms with Crippen molar-refractivity contribution in [2.75, 3.05) is 0 Å². The number of rotatable bonds is 2. The molecular weight excluding hydrogens is 243 g/mol. The van der Waals surface area contributed by atoms with Crippen molar-refractivity contribution in [3.8, 4) is 0 Å². The highest BCUT2D eigenvalue weighted by molar-refractivity contribution is 9.12. The van der Waals surface area contributed by atoms with E-state index in [1.54, 1.807) is 0 Å². The van der Waals surface area contributed by atoms with Crippen LogP contribution in [0.15, 0.2) is 21.1 Å². The van der Waals surface area contributed by atoms with Gasteiger partial charge >= 0.3 is 5.97 Å². The highest BCUT2D eigenvalue weighted by Gasteiger charge is 1.98. The maximum Gasteiger partial charge on any atom is 0.342 e. The molecule has 0 heterocycles. The molecule has 10 heavy (non-hydrogen) atoms. The van der Waals surface area contributed by atoms with Crippen LogP contribution in [-0.2, 0) is 4.79 Å². The van der Waals surface area contributed by atoms with E-state index in [9.17, 15) is 4.79 Å². The number of hydrogen-bond acceptors (Lipinski definition) is 1. The highest BCUT2D eigenvalue weighted by Crippen LogP contribution is 2.10. The molecule has 0 unspecified atom stereocenters. The molecule has 56 valence electrons. The molecule has 0 rings (SSSR count). The predicted molar refractivity (Wildman–Crippen MR) is 44.4 cm³/mol. The van der Waals surface area contributed by atoms with Crippen LogP contribution in [0.5, 0.6) is 0 Å². The van der Waals surface area contributed by atoms with Crippen LogP contribution < -0.4 is 0 Å². The molecule has 0 aliphatic heterocycles. The lowest BCUT2D eigenvalue weighted by Crippen LogP contribution is -1.91. The van der Waals surface area contributed by atoms with Gasteiger partial charge in [-0.15, -0.1) is 0 Å². The molecule has 0 spiro atoms. The van der Waals surface area contributed by atoms with Crippen LogP contribution in [0, 0.1) is 0 Å². The third-order valence-electron chi connectivity index (χ3n) is 0.560. The van der Waals surface area contributed by atoms with E-state index >= 15 is 0 Å². The van der Waals surface area contributed by atoms with Gasteiger partial charge in [0.25, 0.3) is 0 Å². The van der Waals surface area contributed by atoms with Gasteiger partial charge in [0.15, 0.2) is 0 Å². The number of halogens is 3. The number of aliphatic carboxylic acids is 1. The second kappa shape index (κ2) is 4.77. The van der Waals surface area contributed by atoms with Crippen molar-refractivity contribution < 1.29 is 9.90 Å². The Hall–Kier alpha value is 0.01000. The molecule has 0 bridgehead atoms. The van der Waals surface area contributed by atoms with Gasteiger partial charge in [0, 0.05) is 0 Å². The van der Waals surface area contributed by atoms with E-state index in [0.29, 0.717) is 0 Å². The minimum atomic E-state index is -1.06. The first-order valence-corrected chi connectivity index (χ1v) is 3.70. The Kier molecular flexibility index (Phi) is 4.77. The Labute approximate surface area is 76.2 Å². The topological polar surface area (TPSA) is 37.3 Å². The van der Waals surface area contributed by atoms with Gasteiger partial charge in [-0.25, -0.2) is 4.79 Å². The predicted octanol–water partition coefficient (Wildman–Crippen LogP) is 2.67. The number of carboxylic acid groups (broad SMARTS) is 1. The fraction of sp³-hybridized carbons (Fsp3) is 0. The van der Waals surface area contributed by atoms with Gasteiger partial charge < -0.3 is 5.11 Å². The zero-order valence-electron chi connectivity index (χ0n) is 4.64. The van der Waals surface area contributed by atoms with Crippen LogP contribution in [0.4, 0.5) is 0 Å². The van der Waals surface area contributed by atoms with Crippen molar-refractivity contribution in [3.05, 3.63) is 21.1 Å². The van der Waals surface area contributed by atoms with Gasteiger partial charge in [0.05, 0.1) is 0 Å². The second-order valence-electron chi connectivity index (χ2n) is 1.28. The zero-order chi connectivity index (χ0) is 8.15. The summed E-state index contributed by atoms with van der Waals surface area (Å²) in [6.07, 6.45) is 2.51. The smallest absolute Gasteiger partial charge is 0.342 e. The van der Waals surface area contributed by atoms with Crippen molar-refractivity contribution in [1.82, 2.24) is 0 Å². The van der Waals surface area contributed by atoms with E-state index in [2.05, 4.69) is 15.9 Å². The summed E-state index contributed by atoms with van der Waals surface area (Å²) in [6.45, 7) is 0. The van der Waals surface area contributed by atoms with E-state index in [-0.39, 0.29) is 8.97 Å². The first kappa shape index (κ1) is 10.0. The van der Waals surface area contributed by atoms with Gasteiger partial charge in [-0.1, -0.05) is 23.2 Å². The van der Waals surface area contributed by atoms with Crippen molar-refractivity contribution in [2.24, 2.45) is 0 Å². The largest absolute Gasteiger partial charge is 0.477 e. The van der Waals surface area contributed by atoms with E-state index in [0.717, 1.165) is 0 Å². The summed E-state index contributed by atoms with van der Waals surface area (Å²) in [5.41, 5.74) is 0. The molecule has 0 saturated heterocycles. The third-order valence-corrected chi connectivity index (χ3v) is 1.42. The number of carboxylic acids is 1. The summed E-state index contributed by atoms with van der Waals surface area (Å²) in [5.74, 6) is -1.06. The summed E-state index contributed by atoms with van der Waals surface area (Å²) in [4.78, 5) is 10.1. The van der Waals surface area contributed by atoms with Gasteiger partial charge in [0.1, 0.15) is 8.97 Å². The lowest BCUT2D eigenvalue weighted by atomic mass is 10.5. The summed E-state index contributed by atoms with van der Waals surface area (Å²) in [6, 6.07) is 0. The molecule has 0 aliphatic rings. The maximum absolute atomic E-state index is 10.1. The number of hydrogen-bond donors (Lipinski definition) is 1. The molecule has 0 fully saturated rings. The van der Waals surface area contributed by atoms with Crippen LogP contribution in [-0.4, -0.2) is 11.1 Å². The molecular formula is C5H3BrCl2O2. The first-order chi connectivity index (χ1) is 4.54. The number of allylic oxidation sites excluding steroid dienone is 2. The molecule has 0 aromatic rings. The number of carbonyl (C=O) groups is 1. The highest BCUT2D eigenvalue weighted by atomic mass is 79.9. The summed E-state index contributed by atoms with van der Waals surface area (Å²) < 4.78 is 0.0181. The Morgan fingerprint density at radius 1 is 1.40 bits per heavy atom. The van der Waals surface area contributed by atoms with Crippen LogP contribution in [0.3, 0.4) is 0 Å². The average Bonchev–Trinajstić information content (AvgIpc) is 1.82. The maximum atomic E-state index is 10.1. The molecule has 0 aliphatic carbocycles. The van der Waals surface area contributed by atoms with Crippen LogP contribution in [0.25, 0.3) is 0 Å². The van der Waals surface area contributed by atoms with Gasteiger partial charge in [-0.3, -0.25) is 0 Å². The van der Waals surface area contributed by atoms with Crippen molar-refractivity contribution in [3.63, 3.8) is 0 Å². The quantitative estimate of drug-likeness (QED) is 0.600. The molecule has 0 amide bonds. The fourth-order valence-corrected chi connectivity index (χ4v) is 0.466. The monoisotopic (exact) mass is 244 g/mol. The Morgan fingerprint density at radius 3 is 2.20 bits per heavy atom. The second-order valence-corrected chi connectivity index (χ2v) is 3.14. The summed E-state index contributed by atoms with van der Waals surface area (Å²) >= 11 is 13.2. The molecule has 0 radical (unpaired) electrons. The van der Waals surface area contributed by atoms with Crippen LogP contribution in [0.2, 0.25) is 0 Å². The van der Waals surface area contributed by atoms with Crippen molar-refractivity contribution >= 4 is 45.1 Å². The molecule has 0 atom stereocenters. The average molecular weight is 246 g/mol. The zero-order valence-corrected chi connectivity index (χ0v) is 7.74. The molecule has 2 nitrogen and oxygen atoms in total. The van der Waals surface area contributed by atoms with Crippen LogP contribution in [0.1, 0.15) is 0 Å². The van der Waals surface area contributed by atoms with Gasteiger partial charge in [-0.2, -0.15) is 0 Å². The van der Waals surface area contributed by atoms with E-state index < -0.39 is 5.97 Å². The summed E-state index contributed by atoms with van der Waals surface area (Å²) in [7, 11) is 0. The Bertz CT molecular complexity index is 194. The van der Waals surface area contributed by atoms with Gasteiger partial charge in [-0.05, 0) is 28.1 Å². The Morgan fingerprint density at radius 2 is 1.90 bits per heavy atom. The SMILES string of the molecule is O=C(O)C(Br)=CC=C(Cl)Cl. The lowest BCUT2D eigenvalue weighted by molar-refractivity contribution is -0.131. The van der Waals surface area contributed by atoms with E-state index in [1.165, 1.54) is 12.2 Å². The van der Waals surface area contributed by atoms with E-state index in [4.69, 9.17) is 28.3 Å². The minimum absolute atomic E-state index is 0.00583. The van der Waals surface area contributed by atoms with E-state index in [1.807, 2.05) is 0 Å². The van der Waals surface area contributed by atoms with Gasteiger partial charge in [0.2, 0.25) is 0 Å². The standard InChI is InChI=1S/C5H3BrCl2O2/c6-3(5(9)10)1-2-4(7)8/h1-2H,(H,9,10). The van der Waals surface area contributed by atoms with Crippen molar-refractivity contribution in [1.29, 1.82) is 0 Å².